The van der Waals surface area contributed by atoms with Crippen molar-refractivity contribution in [1.29, 1.82) is 0 Å². The Morgan fingerprint density at radius 1 is 1.15 bits per heavy atom. The molecule has 0 aliphatic heterocycles. The van der Waals surface area contributed by atoms with E-state index in [0.29, 0.717) is 24.0 Å². The third kappa shape index (κ3) is 5.21. The number of hydrogen-bond donors (Lipinski definition) is 3. The minimum atomic E-state index is -1.25. The number of carbonyl (C=O) groups excluding carboxylic acids is 2. The summed E-state index contributed by atoms with van der Waals surface area (Å²) in [6.45, 7) is 2.37. The molecule has 0 fully saturated rings. The van der Waals surface area contributed by atoms with E-state index in [0.717, 1.165) is 6.08 Å². The van der Waals surface area contributed by atoms with Gasteiger partial charge in [-0.15, -0.1) is 0 Å². The highest BCUT2D eigenvalue weighted by Crippen LogP contribution is 2.11. The highest BCUT2D eigenvalue weighted by atomic mass is 16.5. The van der Waals surface area contributed by atoms with Crippen LogP contribution in [0.2, 0.25) is 0 Å². The number of carboxylic acids is 1. The monoisotopic (exact) mass is 278 g/mol. The van der Waals surface area contributed by atoms with E-state index in [-0.39, 0.29) is 0 Å². The van der Waals surface area contributed by atoms with Crippen LogP contribution in [-0.2, 0) is 9.59 Å². The number of carbonyl (C=O) groups is 3. The maximum absolute atomic E-state index is 11.6. The Hall–Kier alpha value is -2.83. The number of carboxylic acid groups (broad SMARTS) is 1. The van der Waals surface area contributed by atoms with Crippen LogP contribution in [0.15, 0.2) is 36.4 Å². The molecule has 0 saturated carbocycles. The van der Waals surface area contributed by atoms with Gasteiger partial charge in [-0.25, -0.2) is 4.79 Å². The van der Waals surface area contributed by atoms with Crippen LogP contribution >= 0.6 is 0 Å². The lowest BCUT2D eigenvalue weighted by Crippen LogP contribution is -2.40. The zero-order valence-electron chi connectivity index (χ0n) is 10.8. The first kappa shape index (κ1) is 15.2. The van der Waals surface area contributed by atoms with E-state index in [9.17, 15) is 14.4 Å². The Morgan fingerprint density at radius 3 is 2.35 bits per heavy atom. The van der Waals surface area contributed by atoms with Crippen LogP contribution in [0.5, 0.6) is 5.75 Å². The van der Waals surface area contributed by atoms with Crippen LogP contribution in [0.3, 0.4) is 0 Å². The molecule has 20 heavy (non-hydrogen) atoms. The molecule has 0 heterocycles. The molecule has 1 rings (SSSR count). The fourth-order valence-electron chi connectivity index (χ4n) is 1.25. The van der Waals surface area contributed by atoms with Crippen molar-refractivity contribution < 1.29 is 24.2 Å². The highest BCUT2D eigenvalue weighted by molar-refractivity contribution is 5.98. The lowest BCUT2D eigenvalue weighted by Gasteiger charge is -2.06. The largest absolute Gasteiger partial charge is 0.494 e. The Balaban J connectivity index is 2.50. The van der Waals surface area contributed by atoms with Crippen molar-refractivity contribution in [1.82, 2.24) is 10.9 Å². The summed E-state index contributed by atoms with van der Waals surface area (Å²) in [5, 5.41) is 8.32. The van der Waals surface area contributed by atoms with Crippen molar-refractivity contribution in [2.75, 3.05) is 6.61 Å². The fraction of sp³-hybridized carbons (Fsp3) is 0.154. The molecule has 0 unspecified atom stereocenters. The van der Waals surface area contributed by atoms with Crippen LogP contribution in [-0.4, -0.2) is 29.5 Å². The first-order valence-corrected chi connectivity index (χ1v) is 5.77. The van der Waals surface area contributed by atoms with Crippen LogP contribution in [0.25, 0.3) is 0 Å². The number of benzene rings is 1. The molecule has 0 atom stereocenters. The molecule has 0 aliphatic carbocycles. The number of aliphatic carboxylic acids is 1. The summed E-state index contributed by atoms with van der Waals surface area (Å²) in [4.78, 5) is 33.0. The van der Waals surface area contributed by atoms with Gasteiger partial charge >= 0.3 is 5.97 Å². The molecule has 2 amide bonds. The summed E-state index contributed by atoms with van der Waals surface area (Å²) in [5.41, 5.74) is 4.54. The van der Waals surface area contributed by atoms with Crippen molar-refractivity contribution in [3.05, 3.63) is 42.0 Å². The summed E-state index contributed by atoms with van der Waals surface area (Å²) >= 11 is 0. The summed E-state index contributed by atoms with van der Waals surface area (Å²) in [6, 6.07) is 6.34. The van der Waals surface area contributed by atoms with E-state index >= 15 is 0 Å². The Kier molecular flexibility index (Phi) is 5.76. The number of amides is 2. The van der Waals surface area contributed by atoms with Gasteiger partial charge in [-0.2, -0.15) is 0 Å². The van der Waals surface area contributed by atoms with E-state index in [2.05, 4.69) is 10.9 Å². The average Bonchev–Trinajstić information content (AvgIpc) is 2.43. The maximum atomic E-state index is 11.6. The normalized spacial score (nSPS) is 10.1. The van der Waals surface area contributed by atoms with Gasteiger partial charge in [0.1, 0.15) is 5.75 Å². The molecule has 106 valence electrons. The standard InChI is InChI=1S/C13H14N2O5/c1-2-20-10-5-3-9(4-6-10)13(19)15-14-11(16)7-8-12(17)18/h3-8H,2H2,1H3,(H,14,16)(H,15,19)(H,17,18). The summed E-state index contributed by atoms with van der Waals surface area (Å²) in [7, 11) is 0. The van der Waals surface area contributed by atoms with Gasteiger partial charge in [-0.3, -0.25) is 20.4 Å². The third-order valence-corrected chi connectivity index (χ3v) is 2.10. The quantitative estimate of drug-likeness (QED) is 0.537. The Labute approximate surface area is 115 Å². The number of rotatable bonds is 5. The van der Waals surface area contributed by atoms with Crippen molar-refractivity contribution in [2.24, 2.45) is 0 Å². The van der Waals surface area contributed by atoms with Crippen LogP contribution in [0.4, 0.5) is 0 Å². The molecule has 0 bridgehead atoms. The van der Waals surface area contributed by atoms with Crippen molar-refractivity contribution in [2.45, 2.75) is 6.92 Å². The zero-order chi connectivity index (χ0) is 15.0. The second kappa shape index (κ2) is 7.57. The van der Waals surface area contributed by atoms with E-state index in [1.54, 1.807) is 24.3 Å². The predicted molar refractivity (Wildman–Crippen MR) is 70.0 cm³/mol. The fourth-order valence-corrected chi connectivity index (χ4v) is 1.25. The third-order valence-electron chi connectivity index (χ3n) is 2.10. The molecule has 0 radical (unpaired) electrons. The highest BCUT2D eigenvalue weighted by Gasteiger charge is 2.06. The molecule has 7 heteroatoms. The van der Waals surface area contributed by atoms with Gasteiger partial charge in [0.25, 0.3) is 11.8 Å². The van der Waals surface area contributed by atoms with Gasteiger partial charge < -0.3 is 9.84 Å². The minimum Gasteiger partial charge on any atom is -0.494 e. The molecule has 0 aromatic heterocycles. The Morgan fingerprint density at radius 2 is 1.80 bits per heavy atom. The maximum Gasteiger partial charge on any atom is 0.328 e. The number of hydrazine groups is 1. The van der Waals surface area contributed by atoms with E-state index in [4.69, 9.17) is 9.84 Å². The SMILES string of the molecule is CCOc1ccc(C(=O)NNC(=O)C=CC(=O)O)cc1. The molecular weight excluding hydrogens is 264 g/mol. The van der Waals surface area contributed by atoms with Crippen LogP contribution in [0, 0.1) is 0 Å². The van der Waals surface area contributed by atoms with E-state index in [1.165, 1.54) is 0 Å². The van der Waals surface area contributed by atoms with Gasteiger partial charge in [0.05, 0.1) is 6.61 Å². The van der Waals surface area contributed by atoms with Crippen LogP contribution in [0.1, 0.15) is 17.3 Å². The molecule has 1 aromatic carbocycles. The summed E-state index contributed by atoms with van der Waals surface area (Å²) < 4.78 is 5.23. The number of hydrogen-bond acceptors (Lipinski definition) is 4. The molecule has 0 aliphatic rings. The first-order valence-electron chi connectivity index (χ1n) is 5.77. The molecule has 3 N–H and O–H groups in total. The summed E-state index contributed by atoms with van der Waals surface area (Å²) in [5.74, 6) is -1.88. The minimum absolute atomic E-state index is 0.330. The van der Waals surface area contributed by atoms with Crippen molar-refractivity contribution in [3.8, 4) is 5.75 Å². The zero-order valence-corrected chi connectivity index (χ0v) is 10.8. The molecule has 0 spiro atoms. The van der Waals surface area contributed by atoms with Gasteiger partial charge in [0.15, 0.2) is 0 Å². The van der Waals surface area contributed by atoms with E-state index in [1.807, 2.05) is 6.92 Å². The van der Waals surface area contributed by atoms with Gasteiger partial charge in [0, 0.05) is 17.7 Å². The average molecular weight is 278 g/mol. The molecule has 1 aromatic rings. The molecular formula is C13H14N2O5. The van der Waals surface area contributed by atoms with Gasteiger partial charge in [0.2, 0.25) is 0 Å². The second-order valence-corrected chi connectivity index (χ2v) is 3.57. The smallest absolute Gasteiger partial charge is 0.328 e. The van der Waals surface area contributed by atoms with Crippen molar-refractivity contribution >= 4 is 17.8 Å². The topological polar surface area (TPSA) is 105 Å². The Bertz CT molecular complexity index is 522. The van der Waals surface area contributed by atoms with Gasteiger partial charge in [-0.1, -0.05) is 0 Å². The second-order valence-electron chi connectivity index (χ2n) is 3.57. The van der Waals surface area contributed by atoms with Crippen molar-refractivity contribution in [3.63, 3.8) is 0 Å². The van der Waals surface area contributed by atoms with E-state index < -0.39 is 17.8 Å². The predicted octanol–water partition coefficient (Wildman–Crippen LogP) is 0.487. The molecule has 7 nitrogen and oxygen atoms in total. The molecule has 0 saturated heterocycles. The number of ether oxygens (including phenoxy) is 1. The van der Waals surface area contributed by atoms with Crippen LogP contribution < -0.4 is 15.6 Å². The lowest BCUT2D eigenvalue weighted by atomic mass is 10.2. The lowest BCUT2D eigenvalue weighted by molar-refractivity contribution is -0.131. The first-order chi connectivity index (χ1) is 9.52. The number of nitrogens with one attached hydrogen (secondary N) is 2. The summed E-state index contributed by atoms with van der Waals surface area (Å²) in [6.07, 6.45) is 1.46. The van der Waals surface area contributed by atoms with Gasteiger partial charge in [-0.05, 0) is 31.2 Å².